The number of rotatable bonds is 7. The lowest BCUT2D eigenvalue weighted by Crippen LogP contribution is -2.25. The fraction of sp³-hybridized carbons (Fsp3) is 0.714. The number of imidazole rings is 2. The largest absolute Gasteiger partial charge is 0.243 e. The number of hydrogen-bond acceptors (Lipinski definition) is 2. The Morgan fingerprint density at radius 2 is 1.72 bits per heavy atom. The summed E-state index contributed by atoms with van der Waals surface area (Å²) in [6.07, 6.45) is 11.1. The SMILES string of the molecule is CCCCCC(C)(C)c1cncn1-n1cc(C(C)(C)C)nc1C(C)C. The summed E-state index contributed by atoms with van der Waals surface area (Å²) in [4.78, 5) is 9.43. The summed E-state index contributed by atoms with van der Waals surface area (Å²) >= 11 is 0. The van der Waals surface area contributed by atoms with Gasteiger partial charge in [0, 0.05) is 16.7 Å². The van der Waals surface area contributed by atoms with Crippen molar-refractivity contribution in [2.75, 3.05) is 0 Å². The zero-order chi connectivity index (χ0) is 18.8. The Bertz CT molecular complexity index is 683. The standard InChI is InChI=1S/C21H36N4/c1-9-10-11-12-21(7,8)18-13-22-15-25(18)24-14-17(20(4,5)6)23-19(24)16(2)3/h13-16H,9-12H2,1-8H3. The minimum atomic E-state index is 0.0340. The van der Waals surface area contributed by atoms with Gasteiger partial charge in [0.15, 0.2) is 0 Å². The molecule has 0 aromatic carbocycles. The maximum Gasteiger partial charge on any atom is 0.131 e. The number of nitrogens with zero attached hydrogens (tertiary/aromatic N) is 4. The van der Waals surface area contributed by atoms with Gasteiger partial charge in [-0.25, -0.2) is 19.3 Å². The van der Waals surface area contributed by atoms with E-state index in [-0.39, 0.29) is 10.8 Å². The Balaban J connectivity index is 2.47. The Hall–Kier alpha value is -1.58. The average molecular weight is 345 g/mol. The summed E-state index contributed by atoms with van der Waals surface area (Å²) in [6.45, 7) is 18.0. The molecule has 140 valence electrons. The van der Waals surface area contributed by atoms with Crippen LogP contribution in [0, 0.1) is 0 Å². The lowest BCUT2D eigenvalue weighted by molar-refractivity contribution is 0.406. The van der Waals surface area contributed by atoms with Crippen LogP contribution in [0.15, 0.2) is 18.7 Å². The van der Waals surface area contributed by atoms with E-state index in [1.807, 2.05) is 12.5 Å². The summed E-state index contributed by atoms with van der Waals surface area (Å²) in [5.41, 5.74) is 2.50. The second kappa shape index (κ2) is 7.35. The van der Waals surface area contributed by atoms with Crippen LogP contribution < -0.4 is 0 Å². The first-order valence-electron chi connectivity index (χ1n) is 9.71. The summed E-state index contributed by atoms with van der Waals surface area (Å²) in [5.74, 6) is 1.45. The predicted octanol–water partition coefficient (Wildman–Crippen LogP) is 5.67. The minimum Gasteiger partial charge on any atom is -0.243 e. The van der Waals surface area contributed by atoms with E-state index in [0.717, 1.165) is 11.5 Å². The van der Waals surface area contributed by atoms with Gasteiger partial charge in [-0.05, 0) is 6.42 Å². The van der Waals surface area contributed by atoms with Crippen LogP contribution in [0.5, 0.6) is 0 Å². The van der Waals surface area contributed by atoms with Crippen LogP contribution in [0.4, 0.5) is 0 Å². The Labute approximate surface area is 153 Å². The molecule has 0 saturated heterocycles. The van der Waals surface area contributed by atoms with Crippen molar-refractivity contribution in [2.24, 2.45) is 0 Å². The van der Waals surface area contributed by atoms with Gasteiger partial charge in [-0.15, -0.1) is 0 Å². The van der Waals surface area contributed by atoms with Crippen molar-refractivity contribution < 1.29 is 0 Å². The molecule has 2 heterocycles. The first kappa shape index (κ1) is 19.7. The second-order valence-electron chi connectivity index (χ2n) is 9.20. The van der Waals surface area contributed by atoms with Crippen LogP contribution >= 0.6 is 0 Å². The molecule has 0 radical (unpaired) electrons. The minimum absolute atomic E-state index is 0.0340. The molecule has 0 aliphatic rings. The Morgan fingerprint density at radius 3 is 2.28 bits per heavy atom. The second-order valence-corrected chi connectivity index (χ2v) is 9.20. The molecule has 4 heteroatoms. The Morgan fingerprint density at radius 1 is 1.04 bits per heavy atom. The smallest absolute Gasteiger partial charge is 0.131 e. The van der Waals surface area contributed by atoms with Crippen molar-refractivity contribution in [1.82, 2.24) is 19.3 Å². The summed E-state index contributed by atoms with van der Waals surface area (Å²) in [5, 5.41) is 0. The zero-order valence-corrected chi connectivity index (χ0v) is 17.4. The molecule has 0 unspecified atom stereocenters. The zero-order valence-electron chi connectivity index (χ0n) is 17.4. The Kier molecular flexibility index (Phi) is 5.80. The van der Waals surface area contributed by atoms with Crippen molar-refractivity contribution in [3.05, 3.63) is 35.9 Å². The molecule has 0 fully saturated rings. The van der Waals surface area contributed by atoms with Gasteiger partial charge in [-0.2, -0.15) is 0 Å². The van der Waals surface area contributed by atoms with Crippen LogP contribution in [0.2, 0.25) is 0 Å². The highest BCUT2D eigenvalue weighted by Crippen LogP contribution is 2.31. The molecular weight excluding hydrogens is 308 g/mol. The molecule has 0 saturated carbocycles. The molecule has 2 rings (SSSR count). The van der Waals surface area contributed by atoms with Crippen molar-refractivity contribution in [1.29, 1.82) is 0 Å². The van der Waals surface area contributed by atoms with E-state index < -0.39 is 0 Å². The van der Waals surface area contributed by atoms with E-state index in [0.29, 0.717) is 5.92 Å². The number of unbranched alkanes of at least 4 members (excludes halogenated alkanes) is 2. The van der Waals surface area contributed by atoms with Gasteiger partial charge in [0.05, 0.1) is 23.8 Å². The van der Waals surface area contributed by atoms with Crippen LogP contribution in [-0.2, 0) is 10.8 Å². The van der Waals surface area contributed by atoms with Crippen LogP contribution in [0.25, 0.3) is 0 Å². The first-order chi connectivity index (χ1) is 11.6. The number of aromatic nitrogens is 4. The van der Waals surface area contributed by atoms with E-state index >= 15 is 0 Å². The molecule has 0 aliphatic carbocycles. The third-order valence-corrected chi connectivity index (χ3v) is 4.95. The third-order valence-electron chi connectivity index (χ3n) is 4.95. The van der Waals surface area contributed by atoms with Gasteiger partial charge >= 0.3 is 0 Å². The van der Waals surface area contributed by atoms with E-state index in [9.17, 15) is 0 Å². The van der Waals surface area contributed by atoms with Crippen LogP contribution in [0.3, 0.4) is 0 Å². The molecule has 25 heavy (non-hydrogen) atoms. The average Bonchev–Trinajstić information content (AvgIpc) is 3.13. The van der Waals surface area contributed by atoms with Gasteiger partial charge in [-0.1, -0.05) is 74.7 Å². The molecule has 0 aliphatic heterocycles. The van der Waals surface area contributed by atoms with Crippen LogP contribution in [-0.4, -0.2) is 19.3 Å². The molecular formula is C21H36N4. The summed E-state index contributed by atoms with van der Waals surface area (Å²) in [7, 11) is 0. The van der Waals surface area contributed by atoms with E-state index in [1.54, 1.807) is 0 Å². The fourth-order valence-corrected chi connectivity index (χ4v) is 3.20. The first-order valence-corrected chi connectivity index (χ1v) is 9.71. The molecule has 2 aromatic rings. The lowest BCUT2D eigenvalue weighted by Gasteiger charge is -2.27. The molecule has 0 spiro atoms. The van der Waals surface area contributed by atoms with Gasteiger partial charge in [-0.3, -0.25) is 0 Å². The van der Waals surface area contributed by atoms with Crippen molar-refractivity contribution in [3.8, 4) is 0 Å². The van der Waals surface area contributed by atoms with E-state index in [1.165, 1.54) is 31.4 Å². The third kappa shape index (κ3) is 4.34. The normalized spacial score (nSPS) is 13.0. The predicted molar refractivity (Wildman–Crippen MR) is 105 cm³/mol. The van der Waals surface area contributed by atoms with Gasteiger partial charge in [0.1, 0.15) is 12.2 Å². The summed E-state index contributed by atoms with van der Waals surface area (Å²) in [6, 6.07) is 0. The summed E-state index contributed by atoms with van der Waals surface area (Å²) < 4.78 is 4.40. The van der Waals surface area contributed by atoms with Gasteiger partial charge < -0.3 is 0 Å². The number of hydrogen-bond donors (Lipinski definition) is 0. The molecule has 0 atom stereocenters. The highest BCUT2D eigenvalue weighted by molar-refractivity contribution is 5.19. The van der Waals surface area contributed by atoms with Crippen molar-refractivity contribution in [3.63, 3.8) is 0 Å². The molecule has 0 bridgehead atoms. The lowest BCUT2D eigenvalue weighted by atomic mass is 9.84. The van der Waals surface area contributed by atoms with Crippen LogP contribution in [0.1, 0.15) is 104 Å². The molecule has 2 aromatic heterocycles. The fourth-order valence-electron chi connectivity index (χ4n) is 3.20. The molecule has 0 amide bonds. The van der Waals surface area contributed by atoms with Crippen molar-refractivity contribution >= 4 is 0 Å². The maximum absolute atomic E-state index is 4.95. The monoisotopic (exact) mass is 344 g/mol. The molecule has 0 N–H and O–H groups in total. The van der Waals surface area contributed by atoms with Gasteiger partial charge in [0.2, 0.25) is 0 Å². The highest BCUT2D eigenvalue weighted by atomic mass is 15.5. The quantitative estimate of drug-likeness (QED) is 0.607. The van der Waals surface area contributed by atoms with E-state index in [4.69, 9.17) is 4.98 Å². The highest BCUT2D eigenvalue weighted by Gasteiger charge is 2.27. The topological polar surface area (TPSA) is 35.6 Å². The maximum atomic E-state index is 4.95. The van der Waals surface area contributed by atoms with Crippen molar-refractivity contribution in [2.45, 2.75) is 97.8 Å². The molecule has 4 nitrogen and oxygen atoms in total. The van der Waals surface area contributed by atoms with Gasteiger partial charge in [0.25, 0.3) is 0 Å². The van der Waals surface area contributed by atoms with E-state index in [2.05, 4.69) is 75.9 Å².